The molecule has 5 nitrogen and oxygen atoms in total. The number of rotatable bonds is 5. The van der Waals surface area contributed by atoms with Crippen LogP contribution in [0.15, 0.2) is 89.5 Å². The predicted molar refractivity (Wildman–Crippen MR) is 225 cm³/mol. The number of imidazole rings is 1. The van der Waals surface area contributed by atoms with Gasteiger partial charge in [-0.1, -0.05) is 120 Å². The number of nitrogens with zero attached hydrogens (tertiary/aromatic N) is 4. The van der Waals surface area contributed by atoms with E-state index in [1.807, 2.05) is 24.3 Å². The normalized spacial score (nSPS) is 12.8. The summed E-state index contributed by atoms with van der Waals surface area (Å²) in [5, 5.41) is 2.18. The average molecular weight is 924 g/mol. The van der Waals surface area contributed by atoms with Crippen LogP contribution >= 0.6 is 0 Å². The van der Waals surface area contributed by atoms with Crippen molar-refractivity contribution in [3.63, 3.8) is 0 Å². The van der Waals surface area contributed by atoms with E-state index in [0.717, 1.165) is 72.9 Å². The van der Waals surface area contributed by atoms with Crippen molar-refractivity contribution in [3.05, 3.63) is 142 Å². The van der Waals surface area contributed by atoms with Crippen LogP contribution in [0.5, 0.6) is 0 Å². The number of furan rings is 1. The Morgan fingerprint density at radius 3 is 2.16 bits per heavy atom. The van der Waals surface area contributed by atoms with Crippen molar-refractivity contribution >= 4 is 33.0 Å². The molecule has 0 unspecified atom stereocenters. The van der Waals surface area contributed by atoms with Gasteiger partial charge in [-0.05, 0) is 72.0 Å². The van der Waals surface area contributed by atoms with Gasteiger partial charge >= 0.3 is 0 Å². The molecule has 56 heavy (non-hydrogen) atoms. The Balaban J connectivity index is 0.000000227. The van der Waals surface area contributed by atoms with Crippen molar-refractivity contribution in [3.8, 4) is 28.3 Å². The van der Waals surface area contributed by atoms with E-state index >= 15 is 0 Å². The number of aromatic nitrogens is 4. The van der Waals surface area contributed by atoms with Gasteiger partial charge in [0, 0.05) is 53.0 Å². The molecule has 0 bridgehead atoms. The minimum Gasteiger partial charge on any atom is -0.501 e. The second-order valence-electron chi connectivity index (χ2n) is 16.0. The van der Waals surface area contributed by atoms with Gasteiger partial charge in [0.1, 0.15) is 5.58 Å². The Labute approximate surface area is 348 Å². The zero-order chi connectivity index (χ0) is 41.8. The van der Waals surface area contributed by atoms with E-state index < -0.39 is 12.7 Å². The molecule has 289 valence electrons. The van der Waals surface area contributed by atoms with Crippen molar-refractivity contribution < 1.29 is 33.0 Å². The van der Waals surface area contributed by atoms with Crippen LogP contribution in [0.4, 0.5) is 4.39 Å². The molecule has 0 aliphatic heterocycles. The number of aryl methyl sites for hydroxylation is 4. The van der Waals surface area contributed by atoms with Gasteiger partial charge in [-0.25, -0.2) is 0 Å². The van der Waals surface area contributed by atoms with E-state index in [1.165, 1.54) is 22.9 Å². The topological polar surface area (TPSA) is 56.7 Å². The van der Waals surface area contributed by atoms with E-state index in [4.69, 9.17) is 18.5 Å². The zero-order valence-electron chi connectivity index (χ0n) is 36.6. The summed E-state index contributed by atoms with van der Waals surface area (Å²) in [6.45, 7) is 19.2. The summed E-state index contributed by atoms with van der Waals surface area (Å²) in [5.74, 6) is 0.891. The summed E-state index contributed by atoms with van der Waals surface area (Å²) in [4.78, 5) is 14.5. The van der Waals surface area contributed by atoms with Crippen LogP contribution in [-0.2, 0) is 25.5 Å². The minimum absolute atomic E-state index is 0. The van der Waals surface area contributed by atoms with Crippen LogP contribution in [-0.4, -0.2) is 19.5 Å². The fraction of sp³-hybridized carbons (Fsp3) is 0.286. The molecule has 0 saturated carbocycles. The Kier molecular flexibility index (Phi) is 10.4. The average Bonchev–Trinajstić information content (AvgIpc) is 3.76. The smallest absolute Gasteiger partial charge is 0.120 e. The van der Waals surface area contributed by atoms with Crippen molar-refractivity contribution in [1.29, 1.82) is 0 Å². The fourth-order valence-corrected chi connectivity index (χ4v) is 7.24. The summed E-state index contributed by atoms with van der Waals surface area (Å²) in [6.07, 6.45) is 1.71. The number of halogens is 1. The van der Waals surface area contributed by atoms with Crippen LogP contribution in [0.2, 0.25) is 0 Å². The molecule has 8 aromatic rings. The van der Waals surface area contributed by atoms with Crippen LogP contribution in [0, 0.1) is 45.6 Å². The molecular weight excluding hydrogens is 872 g/mol. The van der Waals surface area contributed by atoms with Gasteiger partial charge in [0.15, 0.2) is 0 Å². The molecule has 4 aromatic carbocycles. The molecule has 0 atom stereocenters. The second kappa shape index (κ2) is 15.9. The molecule has 0 N–H and O–H groups in total. The SMILES string of the molecule is Cc1nc(C)c2c(nc(-c3[c-]ccc4c3oc3ccccc34)n2-c2c(C(C)C)cccc2C(C)C)c1C.[2H]C([2H])([2H])c1c[c-]c(-c2ccc(C(C)(C)C)cn2)c(F)c1.[Ir]. The van der Waals surface area contributed by atoms with Gasteiger partial charge in [-0.2, -0.15) is 0 Å². The quantitative estimate of drug-likeness (QED) is 0.161. The third kappa shape index (κ3) is 7.47. The molecular formula is C49H49FIrN4O-2. The maximum Gasteiger partial charge on any atom is 0.120 e. The predicted octanol–water partition coefficient (Wildman–Crippen LogP) is 13.3. The number of pyridine rings is 2. The molecule has 0 saturated heterocycles. The van der Waals surface area contributed by atoms with E-state index in [9.17, 15) is 4.39 Å². The van der Waals surface area contributed by atoms with Crippen LogP contribution < -0.4 is 0 Å². The van der Waals surface area contributed by atoms with Gasteiger partial charge in [0.05, 0.1) is 28.1 Å². The van der Waals surface area contributed by atoms with E-state index in [2.05, 4.69) is 127 Å². The van der Waals surface area contributed by atoms with Gasteiger partial charge < -0.3 is 14.0 Å². The monoisotopic (exact) mass is 924 g/mol. The Bertz CT molecular complexity index is 2790. The van der Waals surface area contributed by atoms with Crippen molar-refractivity contribution in [2.24, 2.45) is 0 Å². The van der Waals surface area contributed by atoms with Gasteiger partial charge in [0.2, 0.25) is 0 Å². The number of hydrogen-bond acceptors (Lipinski definition) is 4. The maximum absolute atomic E-state index is 14.1. The Morgan fingerprint density at radius 1 is 0.821 bits per heavy atom. The van der Waals surface area contributed by atoms with Gasteiger partial charge in [-0.3, -0.25) is 14.4 Å². The summed E-state index contributed by atoms with van der Waals surface area (Å²) in [6, 6.07) is 31.1. The number of para-hydroxylation sites is 2. The largest absolute Gasteiger partial charge is 0.501 e. The Hall–Kier alpha value is -4.97. The molecule has 0 aliphatic rings. The zero-order valence-corrected chi connectivity index (χ0v) is 36.0. The molecule has 0 amide bonds. The number of fused-ring (bicyclic) bond motifs is 4. The summed E-state index contributed by atoms with van der Waals surface area (Å²) < 4.78 is 44.7. The minimum atomic E-state index is -2.33. The molecule has 4 heterocycles. The van der Waals surface area contributed by atoms with E-state index in [-0.39, 0.29) is 36.6 Å². The summed E-state index contributed by atoms with van der Waals surface area (Å²) in [5.41, 5.74) is 13.0. The third-order valence-corrected chi connectivity index (χ3v) is 10.4. The number of hydrogen-bond donors (Lipinski definition) is 0. The van der Waals surface area contributed by atoms with Gasteiger partial charge in [-0.15, -0.1) is 42.0 Å². The van der Waals surface area contributed by atoms with Crippen molar-refractivity contribution in [2.75, 3.05) is 0 Å². The molecule has 8 rings (SSSR count). The molecule has 4 aromatic heterocycles. The van der Waals surface area contributed by atoms with E-state index in [0.29, 0.717) is 17.5 Å². The number of benzene rings is 4. The van der Waals surface area contributed by atoms with Crippen LogP contribution in [0.25, 0.3) is 61.3 Å². The molecule has 1 radical (unpaired) electrons. The summed E-state index contributed by atoms with van der Waals surface area (Å²) >= 11 is 0. The second-order valence-corrected chi connectivity index (χ2v) is 16.0. The van der Waals surface area contributed by atoms with Crippen molar-refractivity contribution in [1.82, 2.24) is 19.5 Å². The van der Waals surface area contributed by atoms with Gasteiger partial charge in [0.25, 0.3) is 0 Å². The first-order valence-electron chi connectivity index (χ1n) is 20.4. The molecule has 0 aliphatic carbocycles. The molecule has 0 fully saturated rings. The fourth-order valence-electron chi connectivity index (χ4n) is 7.24. The van der Waals surface area contributed by atoms with Crippen molar-refractivity contribution in [2.45, 2.75) is 93.3 Å². The standard InChI is InChI=1S/C33H32N3O.C16H17FN.Ir/c1-18(2)23-13-10-14-24(19(3)4)31(23)36-30-22(7)34-21(6)20(5)29(30)35-33(36)27-16-11-15-26-25-12-8-9-17-28(25)37-32(26)27;1-11-5-7-13(14(17)9-11)15-8-6-12(10-18-15)16(2,3)4;/h8-15,17-19H,1-7H3;5-6,8-10H,1-4H3;/q2*-1;/i;1D3;. The first-order valence-corrected chi connectivity index (χ1v) is 18.9. The van der Waals surface area contributed by atoms with Crippen LogP contribution in [0.1, 0.15) is 104 Å². The Morgan fingerprint density at radius 2 is 1.54 bits per heavy atom. The first-order chi connectivity index (χ1) is 27.4. The van der Waals surface area contributed by atoms with Crippen LogP contribution in [0.3, 0.4) is 0 Å². The summed E-state index contributed by atoms with van der Waals surface area (Å²) in [7, 11) is 0. The third-order valence-electron chi connectivity index (χ3n) is 10.4. The van der Waals surface area contributed by atoms with E-state index in [1.54, 1.807) is 12.3 Å². The molecule has 7 heteroatoms. The first kappa shape index (κ1) is 36.7. The maximum atomic E-state index is 14.1. The molecule has 0 spiro atoms.